The highest BCUT2D eigenvalue weighted by Crippen LogP contribution is 2.36. The maximum Gasteiger partial charge on any atom is 0.416 e. The van der Waals surface area contributed by atoms with Gasteiger partial charge in [0.2, 0.25) is 0 Å². The van der Waals surface area contributed by atoms with Gasteiger partial charge in [-0.2, -0.15) is 13.2 Å². The van der Waals surface area contributed by atoms with E-state index in [0.29, 0.717) is 12.2 Å². The molecule has 1 fully saturated rings. The Morgan fingerprint density at radius 2 is 1.91 bits per heavy atom. The predicted octanol–water partition coefficient (Wildman–Crippen LogP) is 4.40. The molecular weight excluding hydrogens is 437 g/mol. The first-order valence-electron chi connectivity index (χ1n) is 10.3. The van der Waals surface area contributed by atoms with E-state index in [1.54, 1.807) is 13.2 Å². The van der Waals surface area contributed by atoms with Crippen molar-refractivity contribution in [3.05, 3.63) is 70.9 Å². The van der Waals surface area contributed by atoms with Crippen LogP contribution in [0.3, 0.4) is 0 Å². The number of rotatable bonds is 5. The Balaban J connectivity index is 1.46. The van der Waals surface area contributed by atoms with Crippen molar-refractivity contribution in [3.8, 4) is 5.75 Å². The summed E-state index contributed by atoms with van der Waals surface area (Å²) >= 11 is 0. The Hall–Kier alpha value is -3.62. The topological polar surface area (TPSA) is 77.5 Å². The van der Waals surface area contributed by atoms with Crippen molar-refractivity contribution in [2.45, 2.75) is 31.5 Å². The molecule has 0 saturated carbocycles. The molecular formula is C24H21F3N2O4. The normalized spacial score (nSPS) is 18.3. The number of amides is 1. The Kier molecular flexibility index (Phi) is 5.97. The van der Waals surface area contributed by atoms with Gasteiger partial charge in [0, 0.05) is 23.1 Å². The number of aryl methyl sites for hydroxylation is 1. The summed E-state index contributed by atoms with van der Waals surface area (Å²) in [5, 5.41) is 3.42. The minimum absolute atomic E-state index is 0.0490. The molecule has 2 unspecified atom stereocenters. The quantitative estimate of drug-likeness (QED) is 0.574. The fraction of sp³-hybridized carbons (Fsp3) is 0.292. The summed E-state index contributed by atoms with van der Waals surface area (Å²) < 4.78 is 48.8. The van der Waals surface area contributed by atoms with E-state index in [1.165, 1.54) is 0 Å². The van der Waals surface area contributed by atoms with Crippen LogP contribution in [0.15, 0.2) is 48.5 Å². The van der Waals surface area contributed by atoms with Crippen molar-refractivity contribution in [1.29, 1.82) is 0 Å². The number of nitrogens with one attached hydrogen (secondary N) is 1. The Morgan fingerprint density at radius 1 is 1.18 bits per heavy atom. The molecule has 1 amide bonds. The number of benzene rings is 2. The summed E-state index contributed by atoms with van der Waals surface area (Å²) in [5.41, 5.74) is 1.53. The fourth-order valence-electron chi connectivity index (χ4n) is 3.94. The van der Waals surface area contributed by atoms with E-state index >= 15 is 0 Å². The van der Waals surface area contributed by atoms with Crippen molar-refractivity contribution in [3.63, 3.8) is 0 Å². The lowest BCUT2D eigenvalue weighted by Crippen LogP contribution is -2.32. The standard InChI is InChI=1S/C24H21F3N2O4/c1-13-9-18(19-10-16(32-2)7-8-21(19)29-13)20-11-17(33-23(20)31)12-28-22(30)14-3-5-15(6-4-14)24(25,26)27/h3-10,17,20H,11-12H2,1-2H3,(H,28,30). The number of pyridine rings is 1. The molecule has 33 heavy (non-hydrogen) atoms. The second-order valence-corrected chi connectivity index (χ2v) is 7.87. The van der Waals surface area contributed by atoms with Gasteiger partial charge in [-0.1, -0.05) is 0 Å². The smallest absolute Gasteiger partial charge is 0.416 e. The molecule has 0 radical (unpaired) electrons. The molecule has 3 aromatic rings. The number of carbonyl (C=O) groups is 2. The number of carbonyl (C=O) groups excluding carboxylic acids is 2. The molecule has 1 N–H and O–H groups in total. The zero-order chi connectivity index (χ0) is 23.8. The molecule has 172 valence electrons. The molecule has 0 bridgehead atoms. The van der Waals surface area contributed by atoms with E-state index in [1.807, 2.05) is 25.1 Å². The molecule has 0 spiro atoms. The maximum absolute atomic E-state index is 12.7. The molecule has 1 aliphatic rings. The van der Waals surface area contributed by atoms with Gasteiger partial charge in [0.05, 0.1) is 30.7 Å². The number of methoxy groups -OCH3 is 1. The summed E-state index contributed by atoms with van der Waals surface area (Å²) in [6.45, 7) is 1.89. The number of nitrogens with zero attached hydrogens (tertiary/aromatic N) is 1. The van der Waals surface area contributed by atoms with Gasteiger partial charge in [-0.05, 0) is 61.0 Å². The lowest BCUT2D eigenvalue weighted by atomic mass is 9.92. The number of hydrogen-bond donors (Lipinski definition) is 1. The first kappa shape index (κ1) is 22.6. The third-order valence-electron chi connectivity index (χ3n) is 5.58. The average molecular weight is 458 g/mol. The van der Waals surface area contributed by atoms with Crippen LogP contribution in [0.2, 0.25) is 0 Å². The Labute approximate surface area is 187 Å². The highest BCUT2D eigenvalue weighted by Gasteiger charge is 2.37. The summed E-state index contributed by atoms with van der Waals surface area (Å²) in [4.78, 5) is 29.5. The zero-order valence-electron chi connectivity index (χ0n) is 17.9. The van der Waals surface area contributed by atoms with Gasteiger partial charge in [0.25, 0.3) is 5.91 Å². The van der Waals surface area contributed by atoms with Gasteiger partial charge >= 0.3 is 12.1 Å². The summed E-state index contributed by atoms with van der Waals surface area (Å²) in [7, 11) is 1.56. The van der Waals surface area contributed by atoms with Gasteiger partial charge in [-0.15, -0.1) is 0 Å². The number of cyclic esters (lactones) is 1. The molecule has 1 saturated heterocycles. The van der Waals surface area contributed by atoms with Gasteiger partial charge < -0.3 is 14.8 Å². The van der Waals surface area contributed by atoms with E-state index in [0.717, 1.165) is 46.4 Å². The first-order valence-corrected chi connectivity index (χ1v) is 10.3. The zero-order valence-corrected chi connectivity index (χ0v) is 17.9. The average Bonchev–Trinajstić information content (AvgIpc) is 3.16. The van der Waals surface area contributed by atoms with Crippen molar-refractivity contribution in [1.82, 2.24) is 10.3 Å². The Morgan fingerprint density at radius 3 is 2.58 bits per heavy atom. The van der Waals surface area contributed by atoms with Gasteiger partial charge in [0.1, 0.15) is 11.9 Å². The molecule has 2 atom stereocenters. The lowest BCUT2D eigenvalue weighted by molar-refractivity contribution is -0.142. The van der Waals surface area contributed by atoms with Crippen LogP contribution in [0, 0.1) is 6.92 Å². The number of halogens is 3. The predicted molar refractivity (Wildman–Crippen MR) is 114 cm³/mol. The van der Waals surface area contributed by atoms with Crippen molar-refractivity contribution in [2.24, 2.45) is 0 Å². The van der Waals surface area contributed by atoms with E-state index in [9.17, 15) is 22.8 Å². The van der Waals surface area contributed by atoms with Crippen molar-refractivity contribution >= 4 is 22.8 Å². The van der Waals surface area contributed by atoms with E-state index in [4.69, 9.17) is 9.47 Å². The van der Waals surface area contributed by atoms with Crippen LogP contribution in [-0.4, -0.2) is 36.6 Å². The minimum atomic E-state index is -4.47. The highest BCUT2D eigenvalue weighted by molar-refractivity contribution is 5.94. The summed E-state index contributed by atoms with van der Waals surface area (Å²) in [6, 6.07) is 11.2. The number of ether oxygens (including phenoxy) is 2. The van der Waals surface area contributed by atoms with Crippen LogP contribution < -0.4 is 10.1 Å². The molecule has 2 heterocycles. The van der Waals surface area contributed by atoms with E-state index < -0.39 is 35.6 Å². The van der Waals surface area contributed by atoms with Gasteiger partial charge in [0.15, 0.2) is 0 Å². The molecule has 1 aliphatic heterocycles. The summed E-state index contributed by atoms with van der Waals surface area (Å²) in [6.07, 6.45) is -4.68. The molecule has 2 aromatic carbocycles. The van der Waals surface area contributed by atoms with E-state index in [-0.39, 0.29) is 12.1 Å². The molecule has 9 heteroatoms. The van der Waals surface area contributed by atoms with Crippen LogP contribution in [-0.2, 0) is 15.7 Å². The lowest BCUT2D eigenvalue weighted by Gasteiger charge is -2.13. The van der Waals surface area contributed by atoms with Crippen molar-refractivity contribution in [2.75, 3.05) is 13.7 Å². The second kappa shape index (κ2) is 8.73. The largest absolute Gasteiger partial charge is 0.497 e. The number of fused-ring (bicyclic) bond motifs is 1. The maximum atomic E-state index is 12.7. The fourth-order valence-corrected chi connectivity index (χ4v) is 3.94. The van der Waals surface area contributed by atoms with Gasteiger partial charge in [-0.3, -0.25) is 14.6 Å². The number of alkyl halides is 3. The van der Waals surface area contributed by atoms with Crippen LogP contribution in [0.5, 0.6) is 5.75 Å². The third kappa shape index (κ3) is 4.76. The van der Waals surface area contributed by atoms with Gasteiger partial charge in [-0.25, -0.2) is 0 Å². The monoisotopic (exact) mass is 458 g/mol. The van der Waals surface area contributed by atoms with Crippen molar-refractivity contribution < 1.29 is 32.2 Å². The van der Waals surface area contributed by atoms with Crippen LogP contribution in [0.4, 0.5) is 13.2 Å². The Bertz CT molecular complexity index is 1210. The molecule has 0 aliphatic carbocycles. The SMILES string of the molecule is COc1ccc2nc(C)cc(C3CC(CNC(=O)c4ccc(C(F)(F)F)cc4)OC3=O)c2c1. The third-order valence-corrected chi connectivity index (χ3v) is 5.58. The minimum Gasteiger partial charge on any atom is -0.497 e. The highest BCUT2D eigenvalue weighted by atomic mass is 19.4. The summed E-state index contributed by atoms with van der Waals surface area (Å²) in [5.74, 6) is -0.841. The molecule has 6 nitrogen and oxygen atoms in total. The van der Waals surface area contributed by atoms with Crippen LogP contribution in [0.1, 0.15) is 39.5 Å². The van der Waals surface area contributed by atoms with Crippen LogP contribution in [0.25, 0.3) is 10.9 Å². The van der Waals surface area contributed by atoms with Crippen LogP contribution >= 0.6 is 0 Å². The number of aromatic nitrogens is 1. The molecule has 1 aromatic heterocycles. The number of esters is 1. The first-order chi connectivity index (χ1) is 15.7. The second-order valence-electron chi connectivity index (χ2n) is 7.87. The van der Waals surface area contributed by atoms with E-state index in [2.05, 4.69) is 10.3 Å². The number of hydrogen-bond acceptors (Lipinski definition) is 5. The molecule has 4 rings (SSSR count).